The van der Waals surface area contributed by atoms with Crippen molar-refractivity contribution in [2.75, 3.05) is 11.6 Å². The van der Waals surface area contributed by atoms with Crippen molar-refractivity contribution in [3.63, 3.8) is 0 Å². The molecule has 2 rings (SSSR count). The number of hydrogen-bond donors (Lipinski definition) is 3. The Labute approximate surface area is 150 Å². The number of carbonyl (C=O) groups excluding carboxylic acids is 1. The summed E-state index contributed by atoms with van der Waals surface area (Å²) in [5, 5.41) is 2.86. The van der Waals surface area contributed by atoms with Crippen LogP contribution < -0.4 is 16.2 Å². The van der Waals surface area contributed by atoms with Crippen LogP contribution in [0.25, 0.3) is 0 Å². The van der Waals surface area contributed by atoms with E-state index in [1.165, 1.54) is 36.4 Å². The van der Waals surface area contributed by atoms with Gasteiger partial charge in [0.1, 0.15) is 5.82 Å². The first-order valence-corrected chi connectivity index (χ1v) is 9.40. The second-order valence-electron chi connectivity index (χ2n) is 5.29. The minimum atomic E-state index is -3.42. The molecular weight excluding hydrogens is 365 g/mol. The molecule has 0 radical (unpaired) electrons. The SMILES string of the molecule is Cc1ccc(S(C)(=O)=O)cc1C(=O)NNC(=S)Nc1ccc(F)cc1. The Bertz CT molecular complexity index is 913. The summed E-state index contributed by atoms with van der Waals surface area (Å²) in [6.45, 7) is 1.69. The minimum Gasteiger partial charge on any atom is -0.331 e. The molecule has 0 aliphatic carbocycles. The zero-order valence-corrected chi connectivity index (χ0v) is 15.1. The molecule has 0 spiro atoms. The van der Waals surface area contributed by atoms with Crippen LogP contribution in [0.3, 0.4) is 0 Å². The number of amides is 1. The lowest BCUT2D eigenvalue weighted by atomic mass is 10.1. The van der Waals surface area contributed by atoms with Crippen molar-refractivity contribution in [2.24, 2.45) is 0 Å². The van der Waals surface area contributed by atoms with Gasteiger partial charge in [-0.3, -0.25) is 15.6 Å². The summed E-state index contributed by atoms with van der Waals surface area (Å²) in [6, 6.07) is 9.82. The van der Waals surface area contributed by atoms with Gasteiger partial charge < -0.3 is 5.32 Å². The number of carbonyl (C=O) groups is 1. The first kappa shape index (κ1) is 18.8. The molecule has 0 saturated carbocycles. The molecule has 0 aromatic heterocycles. The second-order valence-corrected chi connectivity index (χ2v) is 7.71. The Balaban J connectivity index is 2.02. The maximum Gasteiger partial charge on any atom is 0.269 e. The van der Waals surface area contributed by atoms with Crippen LogP contribution in [0.1, 0.15) is 15.9 Å². The summed E-state index contributed by atoms with van der Waals surface area (Å²) in [5.74, 6) is -0.912. The Hall–Kier alpha value is -2.52. The van der Waals surface area contributed by atoms with Gasteiger partial charge in [0.2, 0.25) is 0 Å². The molecule has 0 fully saturated rings. The number of thiocarbonyl (C=S) groups is 1. The van der Waals surface area contributed by atoms with E-state index in [-0.39, 0.29) is 21.4 Å². The van der Waals surface area contributed by atoms with Crippen LogP contribution in [0.2, 0.25) is 0 Å². The lowest BCUT2D eigenvalue weighted by Gasteiger charge is -2.13. The fourth-order valence-electron chi connectivity index (χ4n) is 1.95. The number of sulfone groups is 1. The summed E-state index contributed by atoms with van der Waals surface area (Å²) in [6.07, 6.45) is 1.07. The summed E-state index contributed by atoms with van der Waals surface area (Å²) >= 11 is 5.03. The molecule has 9 heteroatoms. The molecule has 0 unspecified atom stereocenters. The van der Waals surface area contributed by atoms with Crippen LogP contribution in [-0.4, -0.2) is 25.7 Å². The van der Waals surface area contributed by atoms with Gasteiger partial charge in [0, 0.05) is 17.5 Å². The van der Waals surface area contributed by atoms with Crippen LogP contribution >= 0.6 is 12.2 Å². The van der Waals surface area contributed by atoms with E-state index in [4.69, 9.17) is 12.2 Å². The molecule has 0 bridgehead atoms. The molecule has 6 nitrogen and oxygen atoms in total. The summed E-state index contributed by atoms with van der Waals surface area (Å²) in [5.41, 5.74) is 6.26. The third-order valence-electron chi connectivity index (χ3n) is 3.27. The number of hydrazine groups is 1. The standard InChI is InChI=1S/C16H16FN3O3S2/c1-10-3-8-13(25(2,22)23)9-14(10)15(21)19-20-16(24)18-12-6-4-11(17)5-7-12/h3-9H,1-2H3,(H,19,21)(H2,18,20,24). The highest BCUT2D eigenvalue weighted by molar-refractivity contribution is 7.90. The van der Waals surface area contributed by atoms with Gasteiger partial charge in [0.05, 0.1) is 4.90 Å². The van der Waals surface area contributed by atoms with Crippen molar-refractivity contribution < 1.29 is 17.6 Å². The van der Waals surface area contributed by atoms with Crippen LogP contribution in [0.15, 0.2) is 47.4 Å². The Morgan fingerprint density at radius 1 is 1.08 bits per heavy atom. The number of anilines is 1. The fraction of sp³-hybridized carbons (Fsp3) is 0.125. The highest BCUT2D eigenvalue weighted by atomic mass is 32.2. The maximum atomic E-state index is 12.8. The van der Waals surface area contributed by atoms with Gasteiger partial charge in [-0.1, -0.05) is 6.07 Å². The van der Waals surface area contributed by atoms with Gasteiger partial charge in [-0.15, -0.1) is 0 Å². The highest BCUT2D eigenvalue weighted by Gasteiger charge is 2.14. The van der Waals surface area contributed by atoms with Crippen molar-refractivity contribution in [1.29, 1.82) is 0 Å². The van der Waals surface area contributed by atoms with E-state index in [9.17, 15) is 17.6 Å². The van der Waals surface area contributed by atoms with Gasteiger partial charge in [-0.25, -0.2) is 12.8 Å². The van der Waals surface area contributed by atoms with E-state index in [0.717, 1.165) is 6.26 Å². The number of hydrogen-bond acceptors (Lipinski definition) is 4. The number of halogens is 1. The molecule has 0 saturated heterocycles. The highest BCUT2D eigenvalue weighted by Crippen LogP contribution is 2.15. The van der Waals surface area contributed by atoms with Crippen LogP contribution in [-0.2, 0) is 9.84 Å². The third-order valence-corrected chi connectivity index (χ3v) is 4.59. The predicted octanol–water partition coefficient (Wildman–Crippen LogP) is 2.17. The summed E-state index contributed by atoms with van der Waals surface area (Å²) < 4.78 is 36.1. The van der Waals surface area contributed by atoms with Crippen molar-refractivity contribution in [3.05, 3.63) is 59.4 Å². The molecule has 25 heavy (non-hydrogen) atoms. The predicted molar refractivity (Wildman–Crippen MR) is 97.5 cm³/mol. The Morgan fingerprint density at radius 3 is 2.32 bits per heavy atom. The average Bonchev–Trinajstić information content (AvgIpc) is 2.54. The van der Waals surface area contributed by atoms with E-state index < -0.39 is 15.7 Å². The second kappa shape index (κ2) is 7.58. The molecular formula is C16H16FN3O3S2. The van der Waals surface area contributed by atoms with Gasteiger partial charge in [-0.2, -0.15) is 0 Å². The van der Waals surface area contributed by atoms with Gasteiger partial charge in [0.15, 0.2) is 14.9 Å². The smallest absolute Gasteiger partial charge is 0.269 e. The molecule has 0 aliphatic rings. The van der Waals surface area contributed by atoms with Gasteiger partial charge >= 0.3 is 0 Å². The van der Waals surface area contributed by atoms with Crippen molar-refractivity contribution in [1.82, 2.24) is 10.9 Å². The first-order valence-electron chi connectivity index (χ1n) is 7.10. The van der Waals surface area contributed by atoms with Gasteiger partial charge in [-0.05, 0) is 61.1 Å². The molecule has 132 valence electrons. The fourth-order valence-corrected chi connectivity index (χ4v) is 2.77. The van der Waals surface area contributed by atoms with Crippen molar-refractivity contribution in [3.8, 4) is 0 Å². The molecule has 0 aliphatic heterocycles. The van der Waals surface area contributed by atoms with Crippen LogP contribution in [0.5, 0.6) is 0 Å². The maximum absolute atomic E-state index is 12.8. The van der Waals surface area contributed by atoms with Crippen molar-refractivity contribution >= 4 is 38.8 Å². The lowest BCUT2D eigenvalue weighted by molar-refractivity contribution is 0.0943. The van der Waals surface area contributed by atoms with Crippen LogP contribution in [0.4, 0.5) is 10.1 Å². The van der Waals surface area contributed by atoms with Crippen molar-refractivity contribution in [2.45, 2.75) is 11.8 Å². The Kier molecular flexibility index (Phi) is 5.70. The lowest BCUT2D eigenvalue weighted by Crippen LogP contribution is -2.44. The number of benzene rings is 2. The summed E-state index contributed by atoms with van der Waals surface area (Å²) in [4.78, 5) is 12.3. The number of nitrogens with one attached hydrogen (secondary N) is 3. The Morgan fingerprint density at radius 2 is 1.72 bits per heavy atom. The van der Waals surface area contributed by atoms with E-state index >= 15 is 0 Å². The topological polar surface area (TPSA) is 87.3 Å². The van der Waals surface area contributed by atoms with E-state index in [1.807, 2.05) is 0 Å². The average molecular weight is 381 g/mol. The van der Waals surface area contributed by atoms with E-state index in [0.29, 0.717) is 11.3 Å². The third kappa shape index (κ3) is 5.23. The molecule has 2 aromatic rings. The van der Waals surface area contributed by atoms with E-state index in [1.54, 1.807) is 13.0 Å². The zero-order chi connectivity index (χ0) is 18.6. The minimum absolute atomic E-state index is 0.0512. The number of rotatable bonds is 3. The largest absolute Gasteiger partial charge is 0.331 e. The zero-order valence-electron chi connectivity index (χ0n) is 13.5. The summed E-state index contributed by atoms with van der Waals surface area (Å²) in [7, 11) is -3.42. The molecule has 3 N–H and O–H groups in total. The quantitative estimate of drug-likeness (QED) is 0.558. The monoisotopic (exact) mass is 381 g/mol. The molecule has 1 amide bonds. The normalized spacial score (nSPS) is 10.8. The molecule has 0 atom stereocenters. The first-order chi connectivity index (χ1) is 11.7. The van der Waals surface area contributed by atoms with E-state index in [2.05, 4.69) is 16.2 Å². The number of aryl methyl sites for hydroxylation is 1. The molecule has 0 heterocycles. The molecule has 2 aromatic carbocycles. The van der Waals surface area contributed by atoms with Gasteiger partial charge in [0.25, 0.3) is 5.91 Å². The van der Waals surface area contributed by atoms with Crippen LogP contribution in [0, 0.1) is 12.7 Å².